The molecule has 0 aliphatic carbocycles. The van der Waals surface area contributed by atoms with Crippen LogP contribution in [0.5, 0.6) is 0 Å². The Morgan fingerprint density at radius 3 is 2.82 bits per heavy atom. The maximum atomic E-state index is 14.7. The van der Waals surface area contributed by atoms with Gasteiger partial charge < -0.3 is 20.2 Å². The fourth-order valence-corrected chi connectivity index (χ4v) is 5.78. The third kappa shape index (κ3) is 4.46. The first-order valence-electron chi connectivity index (χ1n) is 11.3. The van der Waals surface area contributed by atoms with E-state index in [9.17, 15) is 14.0 Å². The minimum absolute atomic E-state index is 0.0865. The number of nitrogens with one attached hydrogen (secondary N) is 3. The number of alkyl halides is 1. The summed E-state index contributed by atoms with van der Waals surface area (Å²) in [7, 11) is 0. The van der Waals surface area contributed by atoms with Gasteiger partial charge in [-0.15, -0.1) is 11.8 Å². The second-order valence-corrected chi connectivity index (χ2v) is 9.62. The highest BCUT2D eigenvalue weighted by molar-refractivity contribution is 7.98. The second-order valence-electron chi connectivity index (χ2n) is 8.77. The van der Waals surface area contributed by atoms with Crippen molar-refractivity contribution >= 4 is 28.6 Å². The number of H-pyrrole nitrogens is 1. The van der Waals surface area contributed by atoms with E-state index in [4.69, 9.17) is 0 Å². The predicted molar refractivity (Wildman–Crippen MR) is 132 cm³/mol. The first-order chi connectivity index (χ1) is 15.8. The summed E-state index contributed by atoms with van der Waals surface area (Å²) in [5.74, 6) is -0.351. The van der Waals surface area contributed by atoms with E-state index in [0.29, 0.717) is 17.7 Å². The van der Waals surface area contributed by atoms with Crippen molar-refractivity contribution < 1.29 is 9.18 Å². The molecule has 0 radical (unpaired) electrons. The third-order valence-corrected chi connectivity index (χ3v) is 7.55. The zero-order chi connectivity index (χ0) is 23.7. The number of hydrogen-bond acceptors (Lipinski definition) is 4. The third-order valence-electron chi connectivity index (χ3n) is 6.74. The van der Waals surface area contributed by atoms with Crippen LogP contribution in [0.3, 0.4) is 0 Å². The molecule has 0 saturated carbocycles. The van der Waals surface area contributed by atoms with Crippen molar-refractivity contribution in [3.8, 4) is 0 Å². The lowest BCUT2D eigenvalue weighted by Gasteiger charge is -2.33. The maximum absolute atomic E-state index is 14.7. The molecule has 0 spiro atoms. The Morgan fingerprint density at radius 1 is 1.33 bits per heavy atom. The number of aryl methyl sites for hydroxylation is 1. The zero-order valence-corrected chi connectivity index (χ0v) is 20.3. The number of nitrogens with zero attached hydrogens (tertiary/aromatic N) is 1. The molecule has 3 atom stereocenters. The lowest BCUT2D eigenvalue weighted by atomic mass is 9.89. The van der Waals surface area contributed by atoms with E-state index < -0.39 is 6.17 Å². The number of rotatable bonds is 6. The van der Waals surface area contributed by atoms with Crippen LogP contribution in [0.15, 0.2) is 40.0 Å². The molecule has 6 nitrogen and oxygen atoms in total. The van der Waals surface area contributed by atoms with E-state index in [1.165, 1.54) is 11.8 Å². The van der Waals surface area contributed by atoms with E-state index >= 15 is 0 Å². The Hall–Kier alpha value is -2.58. The van der Waals surface area contributed by atoms with Crippen molar-refractivity contribution in [1.29, 1.82) is 0 Å². The van der Waals surface area contributed by atoms with Crippen LogP contribution in [0, 0.1) is 19.8 Å². The van der Waals surface area contributed by atoms with Crippen molar-refractivity contribution in [2.75, 3.05) is 19.3 Å². The van der Waals surface area contributed by atoms with Gasteiger partial charge in [0.2, 0.25) is 0 Å². The van der Waals surface area contributed by atoms with Crippen molar-refractivity contribution in [2.45, 2.75) is 50.8 Å². The molecule has 1 aliphatic rings. The number of thioether (sulfide) groups is 1. The SMILES string of the molecule is CSc1cc(C)[nH]c(=O)c1CNC(=O)c1c(C)n([C@H](C)C2CCNC[C@H]2F)c2ccccc12. The Bertz CT molecular complexity index is 1240. The van der Waals surface area contributed by atoms with Gasteiger partial charge in [0.25, 0.3) is 11.5 Å². The molecule has 1 amide bonds. The topological polar surface area (TPSA) is 78.9 Å². The van der Waals surface area contributed by atoms with E-state index in [1.807, 2.05) is 57.4 Å². The van der Waals surface area contributed by atoms with Crippen molar-refractivity contribution in [3.63, 3.8) is 0 Å². The van der Waals surface area contributed by atoms with Gasteiger partial charge in [-0.1, -0.05) is 18.2 Å². The highest BCUT2D eigenvalue weighted by Crippen LogP contribution is 2.35. The monoisotopic (exact) mass is 470 g/mol. The number of aromatic nitrogens is 2. The fraction of sp³-hybridized carbons (Fsp3) is 0.440. The molecule has 3 aromatic rings. The lowest BCUT2D eigenvalue weighted by molar-refractivity contribution is 0.0950. The summed E-state index contributed by atoms with van der Waals surface area (Å²) in [6.45, 7) is 7.10. The first-order valence-corrected chi connectivity index (χ1v) is 12.5. The Kier molecular flexibility index (Phi) is 6.95. The van der Waals surface area contributed by atoms with Gasteiger partial charge >= 0.3 is 0 Å². The first kappa shape index (κ1) is 23.6. The van der Waals surface area contributed by atoms with Crippen molar-refractivity contribution in [2.24, 2.45) is 5.92 Å². The summed E-state index contributed by atoms with van der Waals surface area (Å²) in [4.78, 5) is 29.5. The number of benzene rings is 1. The van der Waals surface area contributed by atoms with Gasteiger partial charge in [0, 0.05) is 57.8 Å². The second kappa shape index (κ2) is 9.73. The summed E-state index contributed by atoms with van der Waals surface area (Å²) in [6.07, 6.45) is 1.74. The molecule has 2 aromatic heterocycles. The van der Waals surface area contributed by atoms with Crippen LogP contribution in [0.25, 0.3) is 10.9 Å². The summed E-state index contributed by atoms with van der Waals surface area (Å²) < 4.78 is 16.8. The van der Waals surface area contributed by atoms with Gasteiger partial charge in [0.15, 0.2) is 0 Å². The Labute approximate surface area is 197 Å². The summed E-state index contributed by atoms with van der Waals surface area (Å²) in [5, 5.41) is 6.91. The number of para-hydroxylation sites is 1. The van der Waals surface area contributed by atoms with Gasteiger partial charge in [0.1, 0.15) is 6.17 Å². The minimum atomic E-state index is -0.926. The highest BCUT2D eigenvalue weighted by atomic mass is 32.2. The maximum Gasteiger partial charge on any atom is 0.254 e. The van der Waals surface area contributed by atoms with Gasteiger partial charge in [-0.25, -0.2) is 4.39 Å². The molecule has 1 aliphatic heterocycles. The molecule has 33 heavy (non-hydrogen) atoms. The number of halogens is 1. The van der Waals surface area contributed by atoms with Gasteiger partial charge in [-0.3, -0.25) is 9.59 Å². The van der Waals surface area contributed by atoms with Crippen molar-refractivity contribution in [1.82, 2.24) is 20.2 Å². The molecule has 1 saturated heterocycles. The average Bonchev–Trinajstić information content (AvgIpc) is 3.09. The van der Waals surface area contributed by atoms with Crippen LogP contribution in [-0.2, 0) is 6.54 Å². The van der Waals surface area contributed by atoms with Crippen LogP contribution in [0.1, 0.15) is 46.7 Å². The zero-order valence-electron chi connectivity index (χ0n) is 19.5. The van der Waals surface area contributed by atoms with Gasteiger partial charge in [-0.2, -0.15) is 0 Å². The van der Waals surface area contributed by atoms with Crippen LogP contribution in [0.4, 0.5) is 4.39 Å². The number of fused-ring (bicyclic) bond motifs is 1. The number of aromatic amines is 1. The summed E-state index contributed by atoms with van der Waals surface area (Å²) in [5.41, 5.74) is 3.47. The number of carbonyl (C=O) groups is 1. The molecule has 8 heteroatoms. The van der Waals surface area contributed by atoms with E-state index in [0.717, 1.165) is 40.2 Å². The Balaban J connectivity index is 1.68. The van der Waals surface area contributed by atoms with Crippen LogP contribution < -0.4 is 16.2 Å². The molecule has 176 valence electrons. The molecule has 0 bridgehead atoms. The number of hydrogen-bond donors (Lipinski definition) is 3. The molecule has 1 unspecified atom stereocenters. The highest BCUT2D eigenvalue weighted by Gasteiger charge is 2.33. The van der Waals surface area contributed by atoms with E-state index in [-0.39, 0.29) is 30.0 Å². The van der Waals surface area contributed by atoms with Crippen LogP contribution in [-0.4, -0.2) is 41.0 Å². The van der Waals surface area contributed by atoms with Crippen LogP contribution >= 0.6 is 11.8 Å². The lowest BCUT2D eigenvalue weighted by Crippen LogP contribution is -2.41. The normalized spacial score (nSPS) is 19.5. The van der Waals surface area contributed by atoms with Gasteiger partial charge in [-0.05, 0) is 52.1 Å². The number of pyridine rings is 1. The molecule has 4 rings (SSSR count). The minimum Gasteiger partial charge on any atom is -0.348 e. The van der Waals surface area contributed by atoms with Crippen LogP contribution in [0.2, 0.25) is 0 Å². The molecule has 3 N–H and O–H groups in total. The number of amides is 1. The van der Waals surface area contributed by atoms with E-state index in [1.54, 1.807) is 0 Å². The van der Waals surface area contributed by atoms with E-state index in [2.05, 4.69) is 20.2 Å². The summed E-state index contributed by atoms with van der Waals surface area (Å²) >= 11 is 1.48. The average molecular weight is 471 g/mol. The summed E-state index contributed by atoms with van der Waals surface area (Å²) in [6, 6.07) is 9.60. The smallest absolute Gasteiger partial charge is 0.254 e. The molecule has 3 heterocycles. The molecular weight excluding hydrogens is 439 g/mol. The number of carbonyl (C=O) groups excluding carboxylic acids is 1. The van der Waals surface area contributed by atoms with Crippen molar-refractivity contribution in [3.05, 3.63) is 63.2 Å². The largest absolute Gasteiger partial charge is 0.348 e. The standard InChI is InChI=1S/C25H31FN4O2S/c1-14-11-22(33-4)19(24(31)29-14)12-28-25(32)23-16(3)30(21-8-6-5-7-18(21)23)15(2)17-9-10-27-13-20(17)26/h5-8,11,15,17,20,27H,9-10,12-13H2,1-4H3,(H,28,32)(H,29,31)/t15-,17?,20-/m1/s1. The number of piperidine rings is 1. The quantitative estimate of drug-likeness (QED) is 0.474. The van der Waals surface area contributed by atoms with Gasteiger partial charge in [0.05, 0.1) is 5.56 Å². The predicted octanol–water partition coefficient (Wildman–Crippen LogP) is 4.11. The molecular formula is C25H31FN4O2S. The molecule has 1 aromatic carbocycles. The fourth-order valence-electron chi connectivity index (χ4n) is 5.07. The molecule has 1 fully saturated rings. The Morgan fingerprint density at radius 2 is 2.09 bits per heavy atom.